The molecular formula is C16H19N3O4. The molecule has 1 saturated heterocycles. The zero-order chi connectivity index (χ0) is 16.2. The third-order valence-electron chi connectivity index (χ3n) is 3.94. The summed E-state index contributed by atoms with van der Waals surface area (Å²) < 4.78 is 5.35. The number of hydrogen-bond acceptors (Lipinski definition) is 6. The average molecular weight is 317 g/mol. The molecule has 1 atom stereocenters. The number of anilines is 1. The maximum Gasteiger partial charge on any atom is 0.348 e. The molecule has 2 heterocycles. The van der Waals surface area contributed by atoms with Crippen LogP contribution in [-0.4, -0.2) is 50.4 Å². The number of rotatable bonds is 4. The van der Waals surface area contributed by atoms with E-state index in [2.05, 4.69) is 15.4 Å². The van der Waals surface area contributed by atoms with Gasteiger partial charge in [0, 0.05) is 25.7 Å². The van der Waals surface area contributed by atoms with Gasteiger partial charge in [-0.25, -0.2) is 4.79 Å². The molecule has 23 heavy (non-hydrogen) atoms. The molecule has 2 aliphatic heterocycles. The van der Waals surface area contributed by atoms with E-state index in [0.717, 1.165) is 37.6 Å². The van der Waals surface area contributed by atoms with Crippen LogP contribution in [0.5, 0.6) is 0 Å². The van der Waals surface area contributed by atoms with Crippen LogP contribution in [0.3, 0.4) is 0 Å². The number of nitrogens with zero attached hydrogens (tertiary/aromatic N) is 2. The summed E-state index contributed by atoms with van der Waals surface area (Å²) in [5.41, 5.74) is 2.43. The number of carbonyl (C=O) groups excluding carboxylic acids is 2. The largest absolute Gasteiger partial charge is 0.378 e. The Labute approximate surface area is 134 Å². The first-order valence-corrected chi connectivity index (χ1v) is 7.60. The van der Waals surface area contributed by atoms with Crippen LogP contribution in [0.2, 0.25) is 0 Å². The molecule has 3 rings (SSSR count). The molecule has 0 saturated carbocycles. The number of amides is 1. The minimum atomic E-state index is -0.555. The second kappa shape index (κ2) is 6.78. The first-order chi connectivity index (χ1) is 11.1. The highest BCUT2D eigenvalue weighted by atomic mass is 16.7. The van der Waals surface area contributed by atoms with E-state index >= 15 is 0 Å². The predicted octanol–water partition coefficient (Wildman–Crippen LogP) is 0.656. The van der Waals surface area contributed by atoms with Gasteiger partial charge in [0.15, 0.2) is 0 Å². The zero-order valence-electron chi connectivity index (χ0n) is 12.9. The van der Waals surface area contributed by atoms with Crippen LogP contribution in [0.4, 0.5) is 5.69 Å². The number of carbonyl (C=O) groups is 2. The SMILES string of the molecule is CC(=O)NCC1=NOC(=O)C1c1ccc(N2CCOCC2)cc1. The molecule has 7 nitrogen and oxygen atoms in total. The fourth-order valence-electron chi connectivity index (χ4n) is 2.72. The topological polar surface area (TPSA) is 80.2 Å². The molecule has 0 radical (unpaired) electrons. The van der Waals surface area contributed by atoms with Crippen LogP contribution >= 0.6 is 0 Å². The van der Waals surface area contributed by atoms with Crippen LogP contribution in [-0.2, 0) is 19.2 Å². The Balaban J connectivity index is 1.73. The summed E-state index contributed by atoms with van der Waals surface area (Å²) >= 11 is 0. The minimum absolute atomic E-state index is 0.173. The smallest absolute Gasteiger partial charge is 0.348 e. The molecule has 0 aliphatic carbocycles. The van der Waals surface area contributed by atoms with Gasteiger partial charge in [-0.15, -0.1) is 0 Å². The lowest BCUT2D eigenvalue weighted by atomic mass is 9.94. The molecule has 1 unspecified atom stereocenters. The van der Waals surface area contributed by atoms with Gasteiger partial charge in [0.05, 0.1) is 25.5 Å². The fraction of sp³-hybridized carbons (Fsp3) is 0.438. The molecule has 1 aromatic rings. The Hall–Kier alpha value is -2.41. The van der Waals surface area contributed by atoms with Crippen LogP contribution in [0.25, 0.3) is 0 Å². The fourth-order valence-corrected chi connectivity index (χ4v) is 2.72. The Bertz CT molecular complexity index is 621. The maximum absolute atomic E-state index is 11.9. The molecule has 2 aliphatic rings. The Morgan fingerprint density at radius 1 is 1.30 bits per heavy atom. The summed E-state index contributed by atoms with van der Waals surface area (Å²) in [6.45, 7) is 4.80. The van der Waals surface area contributed by atoms with Crippen molar-refractivity contribution in [3.8, 4) is 0 Å². The van der Waals surface area contributed by atoms with Crippen LogP contribution in [0.15, 0.2) is 29.4 Å². The van der Waals surface area contributed by atoms with Crippen LogP contribution in [0, 0.1) is 0 Å². The van der Waals surface area contributed by atoms with Crippen molar-refractivity contribution in [1.29, 1.82) is 0 Å². The van der Waals surface area contributed by atoms with Gasteiger partial charge in [0.1, 0.15) is 5.92 Å². The average Bonchev–Trinajstić information content (AvgIpc) is 2.95. The second-order valence-electron chi connectivity index (χ2n) is 5.53. The second-order valence-corrected chi connectivity index (χ2v) is 5.53. The lowest BCUT2D eigenvalue weighted by Crippen LogP contribution is -2.36. The first kappa shape index (κ1) is 15.5. The zero-order valence-corrected chi connectivity index (χ0v) is 12.9. The molecule has 0 spiro atoms. The molecule has 1 fully saturated rings. The van der Waals surface area contributed by atoms with E-state index in [-0.39, 0.29) is 12.5 Å². The van der Waals surface area contributed by atoms with Gasteiger partial charge in [-0.3, -0.25) is 4.79 Å². The summed E-state index contributed by atoms with van der Waals surface area (Å²) in [4.78, 5) is 30.0. The molecule has 1 aromatic carbocycles. The molecular weight excluding hydrogens is 298 g/mol. The first-order valence-electron chi connectivity index (χ1n) is 7.60. The van der Waals surface area contributed by atoms with Gasteiger partial charge in [-0.05, 0) is 17.7 Å². The molecule has 122 valence electrons. The van der Waals surface area contributed by atoms with Crippen molar-refractivity contribution in [1.82, 2.24) is 5.32 Å². The molecule has 0 aromatic heterocycles. The highest BCUT2D eigenvalue weighted by Crippen LogP contribution is 2.26. The van der Waals surface area contributed by atoms with Crippen molar-refractivity contribution in [2.24, 2.45) is 5.16 Å². The van der Waals surface area contributed by atoms with E-state index in [1.165, 1.54) is 6.92 Å². The van der Waals surface area contributed by atoms with Gasteiger partial charge in [-0.1, -0.05) is 17.3 Å². The van der Waals surface area contributed by atoms with E-state index in [1.807, 2.05) is 24.3 Å². The minimum Gasteiger partial charge on any atom is -0.378 e. The van der Waals surface area contributed by atoms with Crippen molar-refractivity contribution >= 4 is 23.3 Å². The van der Waals surface area contributed by atoms with E-state index < -0.39 is 11.9 Å². The normalized spacial score (nSPS) is 20.9. The van der Waals surface area contributed by atoms with E-state index in [4.69, 9.17) is 9.57 Å². The Kier molecular flexibility index (Phi) is 4.57. The van der Waals surface area contributed by atoms with Crippen molar-refractivity contribution < 1.29 is 19.2 Å². The number of oxime groups is 1. The third kappa shape index (κ3) is 3.50. The highest BCUT2D eigenvalue weighted by Gasteiger charge is 2.34. The van der Waals surface area contributed by atoms with Gasteiger partial charge < -0.3 is 19.8 Å². The molecule has 0 bridgehead atoms. The highest BCUT2D eigenvalue weighted by molar-refractivity contribution is 6.11. The monoisotopic (exact) mass is 317 g/mol. The van der Waals surface area contributed by atoms with Crippen molar-refractivity contribution in [3.63, 3.8) is 0 Å². The van der Waals surface area contributed by atoms with E-state index in [1.54, 1.807) is 0 Å². The van der Waals surface area contributed by atoms with Gasteiger partial charge >= 0.3 is 5.97 Å². The quantitative estimate of drug-likeness (QED) is 0.825. The number of hydrogen-bond donors (Lipinski definition) is 1. The van der Waals surface area contributed by atoms with Gasteiger partial charge in [-0.2, -0.15) is 0 Å². The van der Waals surface area contributed by atoms with Crippen LogP contribution in [0.1, 0.15) is 18.4 Å². The van der Waals surface area contributed by atoms with Crippen molar-refractivity contribution in [2.75, 3.05) is 37.7 Å². The predicted molar refractivity (Wildman–Crippen MR) is 84.4 cm³/mol. The standard InChI is InChI=1S/C16H19N3O4/c1-11(20)17-10-14-15(16(21)23-18-14)12-2-4-13(5-3-12)19-6-8-22-9-7-19/h2-5,15H,6-10H2,1H3,(H,17,20). The number of nitrogens with one attached hydrogen (secondary N) is 1. The van der Waals surface area contributed by atoms with Crippen molar-refractivity contribution in [3.05, 3.63) is 29.8 Å². The molecule has 1 N–H and O–H groups in total. The Morgan fingerprint density at radius 3 is 2.65 bits per heavy atom. The van der Waals surface area contributed by atoms with Crippen molar-refractivity contribution in [2.45, 2.75) is 12.8 Å². The van der Waals surface area contributed by atoms with E-state index in [9.17, 15) is 9.59 Å². The lowest BCUT2D eigenvalue weighted by molar-refractivity contribution is -0.141. The summed E-state index contributed by atoms with van der Waals surface area (Å²) in [5.74, 6) is -1.14. The van der Waals surface area contributed by atoms with Crippen LogP contribution < -0.4 is 10.2 Å². The number of morpholine rings is 1. The third-order valence-corrected chi connectivity index (χ3v) is 3.94. The summed E-state index contributed by atoms with van der Waals surface area (Å²) in [7, 11) is 0. The Morgan fingerprint density at radius 2 is 2.00 bits per heavy atom. The maximum atomic E-state index is 11.9. The number of benzene rings is 1. The molecule has 1 amide bonds. The van der Waals surface area contributed by atoms with Gasteiger partial charge in [0.2, 0.25) is 5.91 Å². The van der Waals surface area contributed by atoms with Gasteiger partial charge in [0.25, 0.3) is 0 Å². The molecule has 7 heteroatoms. The summed E-state index contributed by atoms with van der Waals surface area (Å²) in [5, 5.41) is 6.43. The van der Waals surface area contributed by atoms with E-state index in [0.29, 0.717) is 5.71 Å². The summed E-state index contributed by atoms with van der Waals surface area (Å²) in [6.07, 6.45) is 0. The summed E-state index contributed by atoms with van der Waals surface area (Å²) in [6, 6.07) is 7.79. The number of ether oxygens (including phenoxy) is 1. The lowest BCUT2D eigenvalue weighted by Gasteiger charge is -2.29.